The van der Waals surface area contributed by atoms with Crippen LogP contribution in [-0.4, -0.2) is 35.9 Å². The molecule has 0 spiro atoms. The van der Waals surface area contributed by atoms with E-state index >= 15 is 0 Å². The van der Waals surface area contributed by atoms with E-state index < -0.39 is 0 Å². The second kappa shape index (κ2) is 8.84. The highest BCUT2D eigenvalue weighted by Gasteiger charge is 2.19. The van der Waals surface area contributed by atoms with E-state index in [1.54, 1.807) is 24.4 Å². The van der Waals surface area contributed by atoms with Crippen LogP contribution in [0.4, 0.5) is 5.69 Å². The van der Waals surface area contributed by atoms with Gasteiger partial charge in [0, 0.05) is 24.3 Å². The number of carbonyl (C=O) groups excluding carboxylic acids is 2. The average molecular weight is 388 g/mol. The Kier molecular flexibility index (Phi) is 5.81. The number of benzene rings is 2. The maximum absolute atomic E-state index is 12.9. The summed E-state index contributed by atoms with van der Waals surface area (Å²) in [5.41, 5.74) is 1.18. The van der Waals surface area contributed by atoms with Crippen LogP contribution in [0, 0.1) is 0 Å². The van der Waals surface area contributed by atoms with Crippen LogP contribution in [0.15, 0.2) is 60.8 Å². The molecule has 2 amide bonds. The first-order valence-electron chi connectivity index (χ1n) is 9.98. The Balaban J connectivity index is 1.50. The molecule has 0 unspecified atom stereocenters. The minimum Gasteiger partial charge on any atom is -0.349 e. The molecule has 1 aromatic heterocycles. The molecule has 1 aliphatic rings. The Morgan fingerprint density at radius 3 is 2.72 bits per heavy atom. The first kappa shape index (κ1) is 19.1. The summed E-state index contributed by atoms with van der Waals surface area (Å²) < 4.78 is 0. The van der Waals surface area contributed by atoms with Crippen LogP contribution in [0.3, 0.4) is 0 Å². The SMILES string of the molecule is O=C(NC[C@@H]1CCCCN1)c1ncccc1NC(=O)c1cccc2ccccc12. The van der Waals surface area contributed by atoms with Crippen molar-refractivity contribution in [2.75, 3.05) is 18.4 Å². The highest BCUT2D eigenvalue weighted by Crippen LogP contribution is 2.21. The second-order valence-corrected chi connectivity index (χ2v) is 7.24. The van der Waals surface area contributed by atoms with Gasteiger partial charge in [0.25, 0.3) is 11.8 Å². The van der Waals surface area contributed by atoms with Crippen molar-refractivity contribution < 1.29 is 9.59 Å². The summed E-state index contributed by atoms with van der Waals surface area (Å²) >= 11 is 0. The summed E-state index contributed by atoms with van der Waals surface area (Å²) in [4.78, 5) is 29.8. The molecule has 2 aromatic carbocycles. The van der Waals surface area contributed by atoms with Crippen LogP contribution < -0.4 is 16.0 Å². The molecule has 0 bridgehead atoms. The molecule has 4 rings (SSSR count). The number of fused-ring (bicyclic) bond motifs is 1. The zero-order valence-corrected chi connectivity index (χ0v) is 16.2. The van der Waals surface area contributed by atoms with Gasteiger partial charge in [0.1, 0.15) is 0 Å². The molecule has 6 heteroatoms. The van der Waals surface area contributed by atoms with Gasteiger partial charge in [0.15, 0.2) is 5.69 Å². The summed E-state index contributed by atoms with van der Waals surface area (Å²) in [6, 6.07) is 17.0. The van der Waals surface area contributed by atoms with E-state index in [2.05, 4.69) is 20.9 Å². The Morgan fingerprint density at radius 1 is 1.00 bits per heavy atom. The molecule has 29 heavy (non-hydrogen) atoms. The van der Waals surface area contributed by atoms with Crippen molar-refractivity contribution in [3.8, 4) is 0 Å². The predicted molar refractivity (Wildman–Crippen MR) is 114 cm³/mol. The fourth-order valence-electron chi connectivity index (χ4n) is 3.70. The number of aromatic nitrogens is 1. The van der Waals surface area contributed by atoms with Gasteiger partial charge in [-0.3, -0.25) is 9.59 Å². The van der Waals surface area contributed by atoms with Gasteiger partial charge in [-0.05, 0) is 48.4 Å². The molecule has 0 radical (unpaired) electrons. The van der Waals surface area contributed by atoms with Gasteiger partial charge in [0.2, 0.25) is 0 Å². The summed E-state index contributed by atoms with van der Waals surface area (Å²) in [5.74, 6) is -0.552. The fraction of sp³-hybridized carbons (Fsp3) is 0.261. The average Bonchev–Trinajstić information content (AvgIpc) is 2.78. The normalized spacial score (nSPS) is 16.3. The molecular weight excluding hydrogens is 364 g/mol. The van der Waals surface area contributed by atoms with E-state index in [0.29, 0.717) is 17.8 Å². The number of nitrogens with zero attached hydrogens (tertiary/aromatic N) is 1. The third kappa shape index (κ3) is 4.43. The van der Waals surface area contributed by atoms with Crippen molar-refractivity contribution in [1.82, 2.24) is 15.6 Å². The Morgan fingerprint density at radius 2 is 1.86 bits per heavy atom. The lowest BCUT2D eigenvalue weighted by Gasteiger charge is -2.23. The van der Waals surface area contributed by atoms with Crippen molar-refractivity contribution in [3.05, 3.63) is 72.1 Å². The molecule has 148 valence electrons. The lowest BCUT2D eigenvalue weighted by molar-refractivity contribution is 0.0943. The summed E-state index contributed by atoms with van der Waals surface area (Å²) in [5, 5.41) is 11.1. The van der Waals surface area contributed by atoms with E-state index in [0.717, 1.165) is 23.7 Å². The van der Waals surface area contributed by atoms with Gasteiger partial charge in [-0.25, -0.2) is 4.98 Å². The molecular formula is C23H24N4O2. The predicted octanol–water partition coefficient (Wildman–Crippen LogP) is 3.36. The van der Waals surface area contributed by atoms with Gasteiger partial charge in [0.05, 0.1) is 5.69 Å². The number of hydrogen-bond donors (Lipinski definition) is 3. The number of amides is 2. The number of piperidine rings is 1. The van der Waals surface area contributed by atoms with Crippen LogP contribution in [0.5, 0.6) is 0 Å². The van der Waals surface area contributed by atoms with Gasteiger partial charge >= 0.3 is 0 Å². The lowest BCUT2D eigenvalue weighted by Crippen LogP contribution is -2.43. The molecule has 6 nitrogen and oxygen atoms in total. The van der Waals surface area contributed by atoms with E-state index in [1.165, 1.54) is 12.8 Å². The fourth-order valence-corrected chi connectivity index (χ4v) is 3.70. The Bertz CT molecular complexity index is 1020. The Hall–Kier alpha value is -3.25. The van der Waals surface area contributed by atoms with Gasteiger partial charge in [-0.1, -0.05) is 42.8 Å². The van der Waals surface area contributed by atoms with Gasteiger partial charge < -0.3 is 16.0 Å². The molecule has 1 saturated heterocycles. The zero-order chi connectivity index (χ0) is 20.1. The topological polar surface area (TPSA) is 83.1 Å². The third-order valence-corrected chi connectivity index (χ3v) is 5.23. The Labute approximate surface area is 169 Å². The number of anilines is 1. The first-order chi connectivity index (χ1) is 14.2. The van der Waals surface area contributed by atoms with Crippen molar-refractivity contribution in [2.24, 2.45) is 0 Å². The number of pyridine rings is 1. The van der Waals surface area contributed by atoms with Crippen LogP contribution in [-0.2, 0) is 0 Å². The molecule has 1 atom stereocenters. The third-order valence-electron chi connectivity index (χ3n) is 5.23. The summed E-state index contributed by atoms with van der Waals surface area (Å²) in [6.07, 6.45) is 4.95. The maximum Gasteiger partial charge on any atom is 0.272 e. The zero-order valence-electron chi connectivity index (χ0n) is 16.2. The van der Waals surface area contributed by atoms with Gasteiger partial charge in [-0.15, -0.1) is 0 Å². The molecule has 3 aromatic rings. The lowest BCUT2D eigenvalue weighted by atomic mass is 10.0. The monoisotopic (exact) mass is 388 g/mol. The van der Waals surface area contributed by atoms with Crippen molar-refractivity contribution in [2.45, 2.75) is 25.3 Å². The van der Waals surface area contributed by atoms with Crippen LogP contribution in [0.25, 0.3) is 10.8 Å². The first-order valence-corrected chi connectivity index (χ1v) is 9.98. The number of nitrogens with one attached hydrogen (secondary N) is 3. The smallest absolute Gasteiger partial charge is 0.272 e. The van der Waals surface area contributed by atoms with Crippen molar-refractivity contribution in [1.29, 1.82) is 0 Å². The number of hydrogen-bond acceptors (Lipinski definition) is 4. The minimum atomic E-state index is -0.286. The number of rotatable bonds is 5. The number of carbonyl (C=O) groups is 2. The van der Waals surface area contributed by atoms with Crippen LogP contribution in [0.1, 0.15) is 40.1 Å². The molecule has 2 heterocycles. The van der Waals surface area contributed by atoms with Crippen molar-refractivity contribution >= 4 is 28.3 Å². The van der Waals surface area contributed by atoms with Gasteiger partial charge in [-0.2, -0.15) is 0 Å². The molecule has 0 aliphatic carbocycles. The summed E-state index contributed by atoms with van der Waals surface area (Å²) in [7, 11) is 0. The van der Waals surface area contributed by atoms with E-state index in [9.17, 15) is 9.59 Å². The van der Waals surface area contributed by atoms with E-state index in [-0.39, 0.29) is 23.6 Å². The van der Waals surface area contributed by atoms with Crippen molar-refractivity contribution in [3.63, 3.8) is 0 Å². The largest absolute Gasteiger partial charge is 0.349 e. The van der Waals surface area contributed by atoms with Crippen LogP contribution in [0.2, 0.25) is 0 Å². The quantitative estimate of drug-likeness (QED) is 0.626. The minimum absolute atomic E-state index is 0.219. The molecule has 1 aliphatic heterocycles. The molecule has 1 fully saturated rings. The van der Waals surface area contributed by atoms with E-state index in [1.807, 2.05) is 36.4 Å². The highest BCUT2D eigenvalue weighted by atomic mass is 16.2. The highest BCUT2D eigenvalue weighted by molar-refractivity contribution is 6.14. The summed E-state index contributed by atoms with van der Waals surface area (Å²) in [6.45, 7) is 1.53. The molecule has 3 N–H and O–H groups in total. The standard InChI is InChI=1S/C23H24N4O2/c28-22(19-11-5-8-16-7-1-2-10-18(16)19)27-20-12-6-14-25-21(20)23(29)26-15-17-9-3-4-13-24-17/h1-2,5-8,10-12,14,17,24H,3-4,9,13,15H2,(H,26,29)(H,27,28)/t17-/m0/s1. The molecule has 0 saturated carbocycles. The second-order valence-electron chi connectivity index (χ2n) is 7.24. The van der Waals surface area contributed by atoms with E-state index in [4.69, 9.17) is 0 Å². The van der Waals surface area contributed by atoms with Crippen LogP contribution >= 0.6 is 0 Å². The maximum atomic E-state index is 12.9.